The number of nitrogens with zero attached hydrogens (tertiary/aromatic N) is 2. The van der Waals surface area contributed by atoms with Gasteiger partial charge in [-0.2, -0.15) is 4.31 Å². The number of ether oxygens (including phenoxy) is 1. The molecule has 0 amide bonds. The highest BCUT2D eigenvalue weighted by atomic mass is 32.2. The summed E-state index contributed by atoms with van der Waals surface area (Å²) in [6.07, 6.45) is 0. The van der Waals surface area contributed by atoms with Crippen LogP contribution in [-0.2, 0) is 10.0 Å². The fraction of sp³-hybridized carbons (Fsp3) is 0.316. The summed E-state index contributed by atoms with van der Waals surface area (Å²) in [5, 5.41) is 9.14. The first kappa shape index (κ1) is 19.2. The van der Waals surface area contributed by atoms with Gasteiger partial charge in [0, 0.05) is 31.9 Å². The van der Waals surface area contributed by atoms with Crippen molar-refractivity contribution in [2.75, 3.05) is 38.2 Å². The fourth-order valence-corrected chi connectivity index (χ4v) is 4.81. The van der Waals surface area contributed by atoms with Crippen LogP contribution >= 0.6 is 0 Å². The molecule has 0 unspecified atom stereocenters. The Labute approximate surface area is 158 Å². The molecular formula is C19H22N2O5S. The molecule has 27 heavy (non-hydrogen) atoms. The molecule has 144 valence electrons. The third-order valence-corrected chi connectivity index (χ3v) is 6.55. The van der Waals surface area contributed by atoms with E-state index in [4.69, 9.17) is 9.84 Å². The number of sulfonamides is 1. The lowest BCUT2D eigenvalue weighted by atomic mass is 10.2. The van der Waals surface area contributed by atoms with Crippen molar-refractivity contribution < 1.29 is 23.1 Å². The number of carboxylic acid groups (broad SMARTS) is 1. The molecule has 1 heterocycles. The Hall–Kier alpha value is -2.58. The first-order valence-corrected chi connectivity index (χ1v) is 10.00. The summed E-state index contributed by atoms with van der Waals surface area (Å²) in [6.45, 7) is 3.44. The van der Waals surface area contributed by atoms with Crippen molar-refractivity contribution in [1.82, 2.24) is 4.31 Å². The first-order valence-electron chi connectivity index (χ1n) is 8.56. The van der Waals surface area contributed by atoms with Crippen molar-refractivity contribution in [3.05, 3.63) is 53.6 Å². The second-order valence-corrected chi connectivity index (χ2v) is 8.31. The van der Waals surface area contributed by atoms with E-state index in [9.17, 15) is 13.2 Å². The topological polar surface area (TPSA) is 87.2 Å². The predicted molar refractivity (Wildman–Crippen MR) is 102 cm³/mol. The molecule has 0 radical (unpaired) electrons. The van der Waals surface area contributed by atoms with Gasteiger partial charge in [-0.05, 0) is 42.8 Å². The summed E-state index contributed by atoms with van der Waals surface area (Å²) in [7, 11) is -2.21. The van der Waals surface area contributed by atoms with E-state index in [0.29, 0.717) is 31.9 Å². The fourth-order valence-electron chi connectivity index (χ4n) is 3.15. The average Bonchev–Trinajstić information content (AvgIpc) is 2.68. The molecule has 0 saturated carbocycles. The molecule has 1 fully saturated rings. The van der Waals surface area contributed by atoms with Gasteiger partial charge in [-0.1, -0.05) is 12.1 Å². The van der Waals surface area contributed by atoms with Crippen LogP contribution < -0.4 is 9.64 Å². The van der Waals surface area contributed by atoms with E-state index in [1.165, 1.54) is 17.5 Å². The number of piperazine rings is 1. The molecule has 1 aliphatic rings. The highest BCUT2D eigenvalue weighted by molar-refractivity contribution is 7.89. The molecule has 3 rings (SSSR count). The molecule has 2 aromatic carbocycles. The quantitative estimate of drug-likeness (QED) is 0.842. The Morgan fingerprint density at radius 2 is 1.78 bits per heavy atom. The van der Waals surface area contributed by atoms with E-state index in [1.54, 1.807) is 24.3 Å². The largest absolute Gasteiger partial charge is 0.495 e. The number of aromatic carboxylic acids is 1. The van der Waals surface area contributed by atoms with Gasteiger partial charge in [-0.15, -0.1) is 0 Å². The van der Waals surface area contributed by atoms with Crippen LogP contribution in [0.25, 0.3) is 0 Å². The van der Waals surface area contributed by atoms with Gasteiger partial charge < -0.3 is 14.7 Å². The van der Waals surface area contributed by atoms with Gasteiger partial charge >= 0.3 is 5.97 Å². The standard InChI is InChI=1S/C19H22N2O5S/c1-14-6-7-17(26-2)18(12-14)27(24,25)21-10-8-20(9-11-21)16-5-3-4-15(13-16)19(22)23/h3-7,12-13H,8-11H2,1-2H3,(H,22,23). The molecule has 2 aromatic rings. The van der Waals surface area contributed by atoms with Gasteiger partial charge in [0.1, 0.15) is 10.6 Å². The van der Waals surface area contributed by atoms with Crippen LogP contribution in [0.4, 0.5) is 5.69 Å². The summed E-state index contributed by atoms with van der Waals surface area (Å²) < 4.78 is 32.8. The highest BCUT2D eigenvalue weighted by Gasteiger charge is 2.31. The van der Waals surface area contributed by atoms with Crippen molar-refractivity contribution in [3.63, 3.8) is 0 Å². The molecule has 1 aliphatic heterocycles. The maximum atomic E-state index is 13.1. The van der Waals surface area contributed by atoms with E-state index in [0.717, 1.165) is 11.3 Å². The molecule has 1 saturated heterocycles. The van der Waals surface area contributed by atoms with E-state index >= 15 is 0 Å². The van der Waals surface area contributed by atoms with E-state index < -0.39 is 16.0 Å². The van der Waals surface area contributed by atoms with Gasteiger partial charge in [-0.25, -0.2) is 13.2 Å². The number of hydrogen-bond donors (Lipinski definition) is 1. The van der Waals surface area contributed by atoms with Gasteiger partial charge in [0.15, 0.2) is 0 Å². The lowest BCUT2D eigenvalue weighted by Gasteiger charge is -2.35. The molecule has 0 atom stereocenters. The number of benzene rings is 2. The monoisotopic (exact) mass is 390 g/mol. The van der Waals surface area contributed by atoms with E-state index in [2.05, 4.69) is 0 Å². The number of anilines is 1. The number of rotatable bonds is 5. The van der Waals surface area contributed by atoms with Crippen LogP contribution in [-0.4, -0.2) is 57.1 Å². The number of carbonyl (C=O) groups is 1. The Morgan fingerprint density at radius 1 is 1.07 bits per heavy atom. The smallest absolute Gasteiger partial charge is 0.335 e. The minimum Gasteiger partial charge on any atom is -0.495 e. The molecule has 1 N–H and O–H groups in total. The summed E-state index contributed by atoms with van der Waals surface area (Å²) in [5.41, 5.74) is 1.84. The minimum atomic E-state index is -3.67. The number of methoxy groups -OCH3 is 1. The Balaban J connectivity index is 1.78. The van der Waals surface area contributed by atoms with Crippen molar-refractivity contribution in [2.45, 2.75) is 11.8 Å². The van der Waals surface area contributed by atoms with Crippen molar-refractivity contribution in [2.24, 2.45) is 0 Å². The molecule has 0 aromatic heterocycles. The van der Waals surface area contributed by atoms with Crippen molar-refractivity contribution in [1.29, 1.82) is 0 Å². The van der Waals surface area contributed by atoms with E-state index in [1.807, 2.05) is 24.0 Å². The van der Waals surface area contributed by atoms with Gasteiger partial charge in [0.2, 0.25) is 10.0 Å². The predicted octanol–water partition coefficient (Wildman–Crippen LogP) is 2.21. The van der Waals surface area contributed by atoms with Crippen LogP contribution in [0, 0.1) is 6.92 Å². The van der Waals surface area contributed by atoms with Crippen LogP contribution in [0.2, 0.25) is 0 Å². The average molecular weight is 390 g/mol. The third-order valence-electron chi connectivity index (χ3n) is 4.63. The normalized spacial score (nSPS) is 15.6. The van der Waals surface area contributed by atoms with Crippen LogP contribution in [0.3, 0.4) is 0 Å². The third kappa shape index (κ3) is 3.91. The lowest BCUT2D eigenvalue weighted by molar-refractivity contribution is 0.0697. The lowest BCUT2D eigenvalue weighted by Crippen LogP contribution is -2.48. The Bertz CT molecular complexity index is 950. The second kappa shape index (κ2) is 7.58. The molecule has 0 spiro atoms. The van der Waals surface area contributed by atoms with Gasteiger partial charge in [-0.3, -0.25) is 0 Å². The number of carboxylic acids is 1. The first-order chi connectivity index (χ1) is 12.8. The molecule has 0 bridgehead atoms. The maximum absolute atomic E-state index is 13.1. The van der Waals surface area contributed by atoms with Gasteiger partial charge in [0.25, 0.3) is 0 Å². The summed E-state index contributed by atoms with van der Waals surface area (Å²) >= 11 is 0. The number of hydrogen-bond acceptors (Lipinski definition) is 5. The zero-order valence-corrected chi connectivity index (χ0v) is 16.1. The van der Waals surface area contributed by atoms with Crippen LogP contribution in [0.15, 0.2) is 47.4 Å². The molecule has 7 nitrogen and oxygen atoms in total. The molecule has 8 heteroatoms. The number of aryl methyl sites for hydroxylation is 1. The Kier molecular flexibility index (Phi) is 5.38. The summed E-state index contributed by atoms with van der Waals surface area (Å²) in [5.74, 6) is -0.651. The summed E-state index contributed by atoms with van der Waals surface area (Å²) in [4.78, 5) is 13.3. The zero-order chi connectivity index (χ0) is 19.6. The highest BCUT2D eigenvalue weighted by Crippen LogP contribution is 2.29. The Morgan fingerprint density at radius 3 is 2.41 bits per heavy atom. The maximum Gasteiger partial charge on any atom is 0.335 e. The zero-order valence-electron chi connectivity index (χ0n) is 15.3. The van der Waals surface area contributed by atoms with Crippen LogP contribution in [0.5, 0.6) is 5.75 Å². The van der Waals surface area contributed by atoms with E-state index in [-0.39, 0.29) is 10.5 Å². The van der Waals surface area contributed by atoms with Gasteiger partial charge in [0.05, 0.1) is 12.7 Å². The van der Waals surface area contributed by atoms with Crippen molar-refractivity contribution >= 4 is 21.7 Å². The second-order valence-electron chi connectivity index (χ2n) is 6.40. The van der Waals surface area contributed by atoms with Crippen molar-refractivity contribution in [3.8, 4) is 5.75 Å². The minimum absolute atomic E-state index is 0.173. The van der Waals surface area contributed by atoms with Crippen LogP contribution in [0.1, 0.15) is 15.9 Å². The summed E-state index contributed by atoms with van der Waals surface area (Å²) in [6, 6.07) is 11.8. The SMILES string of the molecule is COc1ccc(C)cc1S(=O)(=O)N1CCN(c2cccc(C(=O)O)c2)CC1. The molecular weight excluding hydrogens is 368 g/mol. The molecule has 0 aliphatic carbocycles.